The maximum atomic E-state index is 13.5. The lowest BCUT2D eigenvalue weighted by Crippen LogP contribution is -2.18. The number of rotatable bonds is 6. The van der Waals surface area contributed by atoms with Crippen LogP contribution in [0.3, 0.4) is 0 Å². The molecule has 0 saturated carbocycles. The van der Waals surface area contributed by atoms with Gasteiger partial charge in [0.15, 0.2) is 11.5 Å². The topological polar surface area (TPSA) is 58.6 Å². The Balaban J connectivity index is 2.14. The van der Waals surface area contributed by atoms with Gasteiger partial charge in [0.1, 0.15) is 12.4 Å². The fourth-order valence-electron chi connectivity index (χ4n) is 1.84. The second kappa shape index (κ2) is 7.26. The number of benzene rings is 2. The van der Waals surface area contributed by atoms with Gasteiger partial charge in [0.2, 0.25) is 0 Å². The summed E-state index contributed by atoms with van der Waals surface area (Å²) in [5.74, 6) is -0.748. The Labute approximate surface area is 127 Å². The molecule has 0 aliphatic carbocycles. The van der Waals surface area contributed by atoms with Gasteiger partial charge >= 0.3 is 0 Å². The highest BCUT2D eigenvalue weighted by Gasteiger charge is 2.07. The summed E-state index contributed by atoms with van der Waals surface area (Å²) in [6.45, 7) is 0.0667. The van der Waals surface area contributed by atoms with E-state index in [4.69, 9.17) is 9.47 Å². The van der Waals surface area contributed by atoms with E-state index in [2.05, 4.69) is 0 Å². The van der Waals surface area contributed by atoms with E-state index >= 15 is 0 Å². The van der Waals surface area contributed by atoms with Crippen molar-refractivity contribution in [3.63, 3.8) is 0 Å². The summed E-state index contributed by atoms with van der Waals surface area (Å²) in [5.41, 5.74) is 1.06. The first-order valence-electron chi connectivity index (χ1n) is 6.53. The molecule has 2 rings (SSSR count). The summed E-state index contributed by atoms with van der Waals surface area (Å²) >= 11 is 0. The van der Waals surface area contributed by atoms with E-state index in [1.165, 1.54) is 19.3 Å². The maximum absolute atomic E-state index is 13.5. The van der Waals surface area contributed by atoms with Crippen molar-refractivity contribution in [3.8, 4) is 11.5 Å². The number of aliphatic carboxylic acids is 1. The van der Waals surface area contributed by atoms with Crippen molar-refractivity contribution in [2.75, 3.05) is 7.11 Å². The third kappa shape index (κ3) is 4.09. The van der Waals surface area contributed by atoms with Crippen molar-refractivity contribution >= 4 is 12.0 Å². The number of hydrogen-bond donors (Lipinski definition) is 0. The molecule has 22 heavy (non-hydrogen) atoms. The number of carbonyl (C=O) groups excluding carboxylic acids is 1. The molecule has 114 valence electrons. The minimum absolute atomic E-state index is 0.0667. The fourth-order valence-corrected chi connectivity index (χ4v) is 1.84. The number of carboxylic acid groups (broad SMARTS) is 1. The summed E-state index contributed by atoms with van der Waals surface area (Å²) in [5, 5.41) is 10.4. The number of carboxylic acids is 1. The van der Waals surface area contributed by atoms with Crippen molar-refractivity contribution in [2.24, 2.45) is 0 Å². The lowest BCUT2D eigenvalue weighted by atomic mass is 10.2. The lowest BCUT2D eigenvalue weighted by molar-refractivity contribution is -0.297. The Morgan fingerprint density at radius 3 is 2.68 bits per heavy atom. The fraction of sp³-hybridized carbons (Fsp3) is 0.118. The predicted molar refractivity (Wildman–Crippen MR) is 77.8 cm³/mol. The van der Waals surface area contributed by atoms with Gasteiger partial charge in [-0.1, -0.05) is 30.3 Å². The third-order valence-corrected chi connectivity index (χ3v) is 2.94. The van der Waals surface area contributed by atoms with Gasteiger partial charge in [-0.2, -0.15) is 0 Å². The zero-order valence-electron chi connectivity index (χ0n) is 11.9. The van der Waals surface area contributed by atoms with Gasteiger partial charge < -0.3 is 19.4 Å². The number of methoxy groups -OCH3 is 1. The molecule has 0 bridgehead atoms. The second-order valence-electron chi connectivity index (χ2n) is 4.44. The van der Waals surface area contributed by atoms with Crippen LogP contribution in [-0.4, -0.2) is 13.1 Å². The standard InChI is InChI=1S/C17H15FO4/c1-21-16-10-12(7-9-17(19)20)6-8-15(16)22-11-13-4-2-3-5-14(13)18/h2-10H,11H2,1H3,(H,19,20)/p-1/b9-7+. The molecular weight excluding hydrogens is 287 g/mol. The predicted octanol–water partition coefficient (Wildman–Crippen LogP) is 2.18. The molecule has 0 aromatic heterocycles. The summed E-state index contributed by atoms with van der Waals surface area (Å²) in [7, 11) is 1.47. The van der Waals surface area contributed by atoms with Crippen molar-refractivity contribution in [1.29, 1.82) is 0 Å². The van der Waals surface area contributed by atoms with Gasteiger partial charge in [-0.05, 0) is 29.8 Å². The van der Waals surface area contributed by atoms with Crippen LogP contribution in [0.2, 0.25) is 0 Å². The van der Waals surface area contributed by atoms with Gasteiger partial charge in [0.25, 0.3) is 0 Å². The molecule has 0 amide bonds. The van der Waals surface area contributed by atoms with Gasteiger partial charge in [-0.3, -0.25) is 0 Å². The van der Waals surface area contributed by atoms with Crippen molar-refractivity contribution in [3.05, 3.63) is 65.5 Å². The third-order valence-electron chi connectivity index (χ3n) is 2.94. The van der Waals surface area contributed by atoms with Crippen LogP contribution in [-0.2, 0) is 11.4 Å². The molecule has 0 unspecified atom stereocenters. The van der Waals surface area contributed by atoms with E-state index < -0.39 is 5.97 Å². The van der Waals surface area contributed by atoms with Crippen molar-refractivity contribution < 1.29 is 23.8 Å². The van der Waals surface area contributed by atoms with E-state index in [-0.39, 0.29) is 12.4 Å². The average Bonchev–Trinajstić information content (AvgIpc) is 2.52. The SMILES string of the molecule is COc1cc(/C=C/C(=O)[O-])ccc1OCc1ccccc1F. The Hall–Kier alpha value is -2.82. The molecule has 2 aromatic rings. The first-order valence-corrected chi connectivity index (χ1v) is 6.53. The molecular formula is C17H14FO4-. The highest BCUT2D eigenvalue weighted by molar-refractivity contribution is 5.83. The van der Waals surface area contributed by atoms with Crippen LogP contribution in [0.1, 0.15) is 11.1 Å². The van der Waals surface area contributed by atoms with Crippen LogP contribution in [0.4, 0.5) is 4.39 Å². The lowest BCUT2D eigenvalue weighted by Gasteiger charge is -2.12. The number of hydrogen-bond acceptors (Lipinski definition) is 4. The average molecular weight is 301 g/mol. The van der Waals surface area contributed by atoms with Gasteiger partial charge in [0, 0.05) is 5.56 Å². The Morgan fingerprint density at radius 1 is 1.23 bits per heavy atom. The molecule has 4 nitrogen and oxygen atoms in total. The van der Waals surface area contributed by atoms with E-state index in [0.717, 1.165) is 6.08 Å². The highest BCUT2D eigenvalue weighted by Crippen LogP contribution is 2.29. The monoisotopic (exact) mass is 301 g/mol. The molecule has 2 aromatic carbocycles. The number of ether oxygens (including phenoxy) is 2. The van der Waals surface area contributed by atoms with Crippen molar-refractivity contribution in [1.82, 2.24) is 0 Å². The van der Waals surface area contributed by atoms with Crippen LogP contribution in [0.25, 0.3) is 6.08 Å². The Morgan fingerprint density at radius 2 is 2.00 bits per heavy atom. The first-order chi connectivity index (χ1) is 10.6. The number of carbonyl (C=O) groups is 1. The summed E-state index contributed by atoms with van der Waals surface area (Å²) < 4.78 is 24.3. The van der Waals surface area contributed by atoms with E-state index in [9.17, 15) is 14.3 Å². The maximum Gasteiger partial charge on any atom is 0.161 e. The summed E-state index contributed by atoms with van der Waals surface area (Å²) in [6, 6.07) is 11.3. The molecule has 0 N–H and O–H groups in total. The molecule has 0 atom stereocenters. The zero-order chi connectivity index (χ0) is 15.9. The molecule has 0 fully saturated rings. The Bertz CT molecular complexity index is 695. The van der Waals surface area contributed by atoms with E-state index in [1.54, 1.807) is 36.4 Å². The molecule has 0 heterocycles. The highest BCUT2D eigenvalue weighted by atomic mass is 19.1. The first kappa shape index (κ1) is 15.6. The Kier molecular flexibility index (Phi) is 5.14. The van der Waals surface area contributed by atoms with Crippen molar-refractivity contribution in [2.45, 2.75) is 6.61 Å². The molecule has 0 radical (unpaired) electrons. The summed E-state index contributed by atoms with van der Waals surface area (Å²) in [4.78, 5) is 10.4. The largest absolute Gasteiger partial charge is 0.545 e. The smallest absolute Gasteiger partial charge is 0.161 e. The van der Waals surface area contributed by atoms with Crippen LogP contribution >= 0.6 is 0 Å². The molecule has 0 saturated heterocycles. The summed E-state index contributed by atoms with van der Waals surface area (Å²) in [6.07, 6.45) is 2.31. The zero-order valence-corrected chi connectivity index (χ0v) is 11.9. The van der Waals surface area contributed by atoms with E-state index in [1.807, 2.05) is 0 Å². The molecule has 0 spiro atoms. The normalized spacial score (nSPS) is 10.6. The minimum Gasteiger partial charge on any atom is -0.545 e. The van der Waals surface area contributed by atoms with Crippen LogP contribution in [0.15, 0.2) is 48.5 Å². The van der Waals surface area contributed by atoms with Crippen LogP contribution < -0.4 is 14.6 Å². The van der Waals surface area contributed by atoms with Gasteiger partial charge in [0.05, 0.1) is 13.1 Å². The van der Waals surface area contributed by atoms with Crippen LogP contribution in [0, 0.1) is 5.82 Å². The minimum atomic E-state index is -1.28. The van der Waals surface area contributed by atoms with E-state index in [0.29, 0.717) is 22.6 Å². The molecule has 0 aliphatic heterocycles. The number of halogens is 1. The van der Waals surface area contributed by atoms with Gasteiger partial charge in [-0.15, -0.1) is 0 Å². The molecule has 0 aliphatic rings. The van der Waals surface area contributed by atoms with Gasteiger partial charge in [-0.25, -0.2) is 4.39 Å². The van der Waals surface area contributed by atoms with Crippen LogP contribution in [0.5, 0.6) is 11.5 Å². The second-order valence-corrected chi connectivity index (χ2v) is 4.44. The molecule has 5 heteroatoms. The quantitative estimate of drug-likeness (QED) is 0.767.